The first-order valence-corrected chi connectivity index (χ1v) is 27.5. The summed E-state index contributed by atoms with van der Waals surface area (Å²) in [5.74, 6) is -4.13. The van der Waals surface area contributed by atoms with Crippen LogP contribution in [0.25, 0.3) is 0 Å². The maximum Gasteiger partial charge on any atom is 0.344 e. The molecule has 0 heterocycles. The maximum atomic E-state index is 12.4. The molecule has 0 aromatic heterocycles. The van der Waals surface area contributed by atoms with Crippen LogP contribution in [0.4, 0.5) is 0 Å². The summed E-state index contributed by atoms with van der Waals surface area (Å²) in [7, 11) is 0. The summed E-state index contributed by atoms with van der Waals surface area (Å²) in [6.07, 6.45) is 6.55. The zero-order valence-corrected chi connectivity index (χ0v) is 46.8. The van der Waals surface area contributed by atoms with Crippen molar-refractivity contribution in [2.75, 3.05) is 19.8 Å². The van der Waals surface area contributed by atoms with E-state index in [9.17, 15) is 69.6 Å². The standard InChI is InChI=1S/2C19H30O7.C18H28O6/c2*1-5-15(3,4)14(21)25-6-13(20)26-19-10-16(22)7-17(23,11-19)9-18(24,8-16)12(19)2;1-4-15(2,3)14(20)23-8-13(19)24-18-7-12-5-16(21,10-18)9-17(22,6-12)11-18/h2*12,22-24H,5-11H2,1-4H3;12,21-22H,4-11H2,1-3H3. The third kappa shape index (κ3) is 11.7. The van der Waals surface area contributed by atoms with Crippen LogP contribution < -0.4 is 0 Å². The number of esters is 6. The zero-order valence-electron chi connectivity index (χ0n) is 46.8. The molecule has 12 fully saturated rings. The second-order valence-corrected chi connectivity index (χ2v) is 27.9. The van der Waals surface area contributed by atoms with E-state index in [1.165, 1.54) is 0 Å². The van der Waals surface area contributed by atoms with Crippen molar-refractivity contribution in [2.24, 2.45) is 34.0 Å². The van der Waals surface area contributed by atoms with E-state index in [1.54, 1.807) is 55.4 Å². The van der Waals surface area contributed by atoms with Gasteiger partial charge in [0.25, 0.3) is 0 Å². The zero-order chi connectivity index (χ0) is 57.0. The second kappa shape index (κ2) is 19.4. The molecule has 12 saturated carbocycles. The van der Waals surface area contributed by atoms with Crippen molar-refractivity contribution in [3.05, 3.63) is 0 Å². The Hall–Kier alpha value is -3.50. The summed E-state index contributed by atoms with van der Waals surface area (Å²) in [6.45, 7) is 18.2. The Morgan fingerprint density at radius 2 is 0.671 bits per heavy atom. The van der Waals surface area contributed by atoms with Crippen LogP contribution in [0, 0.1) is 34.0 Å². The fraction of sp³-hybridized carbons (Fsp3) is 0.893. The van der Waals surface area contributed by atoms with Gasteiger partial charge in [-0.15, -0.1) is 0 Å². The van der Waals surface area contributed by atoms with E-state index in [1.807, 2.05) is 20.8 Å². The molecule has 0 saturated heterocycles. The van der Waals surface area contributed by atoms with Crippen molar-refractivity contribution in [3.8, 4) is 0 Å². The van der Waals surface area contributed by atoms with E-state index in [2.05, 4.69) is 0 Å². The summed E-state index contributed by atoms with van der Waals surface area (Å²) in [5.41, 5.74) is -14.6. The van der Waals surface area contributed by atoms with Crippen LogP contribution in [-0.2, 0) is 57.2 Å². The Balaban J connectivity index is 0.000000166. The van der Waals surface area contributed by atoms with Crippen LogP contribution in [-0.4, -0.2) is 158 Å². The van der Waals surface area contributed by atoms with E-state index >= 15 is 0 Å². The van der Waals surface area contributed by atoms with E-state index in [0.29, 0.717) is 57.8 Å². The van der Waals surface area contributed by atoms with Gasteiger partial charge >= 0.3 is 35.8 Å². The van der Waals surface area contributed by atoms with Gasteiger partial charge in [-0.3, -0.25) is 14.4 Å². The molecule has 12 bridgehead atoms. The van der Waals surface area contributed by atoms with Gasteiger partial charge in [-0.1, -0.05) is 34.6 Å². The van der Waals surface area contributed by atoms with Crippen LogP contribution in [0.1, 0.15) is 198 Å². The fourth-order valence-corrected chi connectivity index (χ4v) is 15.8. The van der Waals surface area contributed by atoms with E-state index < -0.39 is 145 Å². The highest BCUT2D eigenvalue weighted by atomic mass is 16.6. The van der Waals surface area contributed by atoms with Crippen LogP contribution in [0.2, 0.25) is 0 Å². The molecule has 8 atom stereocenters. The Kier molecular flexibility index (Phi) is 15.3. The molecule has 12 aliphatic carbocycles. The molecule has 76 heavy (non-hydrogen) atoms. The molecule has 12 rings (SSSR count). The summed E-state index contributed by atoms with van der Waals surface area (Å²) < 4.78 is 32.2. The molecule has 0 aliphatic heterocycles. The Morgan fingerprint density at radius 3 is 0.947 bits per heavy atom. The number of carbonyl (C=O) groups excluding carboxylic acids is 6. The van der Waals surface area contributed by atoms with Gasteiger partial charge in [0.2, 0.25) is 0 Å². The number of ether oxygens (including phenoxy) is 6. The van der Waals surface area contributed by atoms with E-state index in [4.69, 9.17) is 28.4 Å². The lowest BCUT2D eigenvalue weighted by Crippen LogP contribution is -2.76. The summed E-state index contributed by atoms with van der Waals surface area (Å²) in [5, 5.41) is 86.4. The quantitative estimate of drug-likeness (QED) is 0.0853. The first kappa shape index (κ1) is 60.1. The lowest BCUT2D eigenvalue weighted by Gasteiger charge is -2.67. The average molecular weight is 1080 g/mol. The first-order valence-electron chi connectivity index (χ1n) is 27.5. The Bertz CT molecular complexity index is 2140. The third-order valence-corrected chi connectivity index (χ3v) is 19.8. The highest BCUT2D eigenvalue weighted by Crippen LogP contribution is 2.66. The molecule has 8 unspecified atom stereocenters. The SMILES string of the molecule is CCC(C)(C)C(=O)OCC(=O)OC12CC3(O)CC(O)(CC(O)(C3)C1C)C2.CCC(C)(C)C(=O)OCC(=O)OC12CC3(O)CC(O)(CC(O)(C3)C1C)C2.CCC(C)(C)C(=O)OCC(=O)OC12CC3CC(O)(CC(O)(C3)C1)C2. The lowest BCUT2D eigenvalue weighted by atomic mass is 9.45. The number of aliphatic hydroxyl groups is 8. The molecule has 0 aromatic rings. The largest absolute Gasteiger partial charge is 0.456 e. The molecule has 0 spiro atoms. The summed E-state index contributed by atoms with van der Waals surface area (Å²) in [4.78, 5) is 72.9. The van der Waals surface area contributed by atoms with Crippen LogP contribution in [0.3, 0.4) is 0 Å². The van der Waals surface area contributed by atoms with Gasteiger partial charge in [0.1, 0.15) is 16.8 Å². The van der Waals surface area contributed by atoms with E-state index in [0.717, 1.165) is 0 Å². The van der Waals surface area contributed by atoms with Gasteiger partial charge in [-0.25, -0.2) is 14.4 Å². The van der Waals surface area contributed by atoms with Crippen molar-refractivity contribution in [1.82, 2.24) is 0 Å². The third-order valence-electron chi connectivity index (χ3n) is 19.8. The predicted molar refractivity (Wildman–Crippen MR) is 267 cm³/mol. The number of hydrogen-bond donors (Lipinski definition) is 8. The Morgan fingerprint density at radius 1 is 0.395 bits per heavy atom. The molecule has 0 aromatic carbocycles. The van der Waals surface area contributed by atoms with Crippen LogP contribution >= 0.6 is 0 Å². The minimum atomic E-state index is -1.28. The molecular formula is C56H88O20. The molecule has 0 radical (unpaired) electrons. The second-order valence-electron chi connectivity index (χ2n) is 27.9. The molecular weight excluding hydrogens is 993 g/mol. The molecule has 0 amide bonds. The molecule has 20 nitrogen and oxygen atoms in total. The van der Waals surface area contributed by atoms with Crippen molar-refractivity contribution in [1.29, 1.82) is 0 Å². The summed E-state index contributed by atoms with van der Waals surface area (Å²) >= 11 is 0. The van der Waals surface area contributed by atoms with Gasteiger partial charge in [0.15, 0.2) is 19.8 Å². The van der Waals surface area contributed by atoms with Gasteiger partial charge in [0, 0.05) is 95.3 Å². The molecule has 432 valence electrons. The highest BCUT2D eigenvalue weighted by molar-refractivity contribution is 5.81. The summed E-state index contributed by atoms with van der Waals surface area (Å²) in [6, 6.07) is 0. The minimum Gasteiger partial charge on any atom is -0.456 e. The maximum absolute atomic E-state index is 12.4. The highest BCUT2D eigenvalue weighted by Gasteiger charge is 2.74. The van der Waals surface area contributed by atoms with Gasteiger partial charge < -0.3 is 69.3 Å². The number of hydrogen-bond acceptors (Lipinski definition) is 20. The monoisotopic (exact) mass is 1080 g/mol. The number of carbonyl (C=O) groups is 6. The molecule has 8 N–H and O–H groups in total. The molecule has 12 aliphatic rings. The van der Waals surface area contributed by atoms with Crippen molar-refractivity contribution in [2.45, 2.75) is 260 Å². The lowest BCUT2D eigenvalue weighted by molar-refractivity contribution is -0.327. The normalized spacial score (nSPS) is 42.9. The molecule has 20 heteroatoms. The van der Waals surface area contributed by atoms with Crippen LogP contribution in [0.15, 0.2) is 0 Å². The minimum absolute atomic E-state index is 0.169. The first-order chi connectivity index (χ1) is 34.5. The number of rotatable bonds is 15. The van der Waals surface area contributed by atoms with Crippen molar-refractivity contribution < 1.29 is 98.0 Å². The average Bonchev–Trinajstić information content (AvgIpc) is 3.24. The van der Waals surface area contributed by atoms with Crippen molar-refractivity contribution in [3.63, 3.8) is 0 Å². The topological polar surface area (TPSA) is 320 Å². The predicted octanol–water partition coefficient (Wildman–Crippen LogP) is 3.84. The van der Waals surface area contributed by atoms with Gasteiger partial charge in [-0.05, 0) is 86.0 Å². The smallest absolute Gasteiger partial charge is 0.344 e. The van der Waals surface area contributed by atoms with Gasteiger partial charge in [-0.2, -0.15) is 0 Å². The van der Waals surface area contributed by atoms with E-state index in [-0.39, 0.29) is 70.1 Å². The fourth-order valence-electron chi connectivity index (χ4n) is 15.8. The van der Waals surface area contributed by atoms with Gasteiger partial charge in [0.05, 0.1) is 61.1 Å². The van der Waals surface area contributed by atoms with Crippen LogP contribution in [0.5, 0.6) is 0 Å². The van der Waals surface area contributed by atoms with Crippen molar-refractivity contribution >= 4 is 35.8 Å². The Labute approximate surface area is 446 Å².